The summed E-state index contributed by atoms with van der Waals surface area (Å²) in [6.45, 7) is 3.90. The summed E-state index contributed by atoms with van der Waals surface area (Å²) < 4.78 is 10.5. The predicted octanol–water partition coefficient (Wildman–Crippen LogP) is 11.7. The Morgan fingerprint density at radius 3 is 1.40 bits per heavy atom. The van der Waals surface area contributed by atoms with Crippen LogP contribution in [-0.2, 0) is 19.1 Å². The summed E-state index contributed by atoms with van der Waals surface area (Å²) >= 11 is 0. The number of allylic oxidation sites excluding steroid dienone is 16. The molecule has 0 aromatic rings. The molecule has 0 radical (unpaired) electrons. The molecule has 0 spiro atoms. The topological polar surface area (TPSA) is 72.8 Å². The zero-order valence-corrected chi connectivity index (χ0v) is 30.5. The van der Waals surface area contributed by atoms with Gasteiger partial charge >= 0.3 is 11.9 Å². The van der Waals surface area contributed by atoms with Gasteiger partial charge in [0, 0.05) is 12.8 Å². The first-order valence-corrected chi connectivity index (χ1v) is 18.8. The number of ether oxygens (including phenoxy) is 2. The third kappa shape index (κ3) is 35.7. The first-order valence-electron chi connectivity index (χ1n) is 18.8. The summed E-state index contributed by atoms with van der Waals surface area (Å²) in [4.78, 5) is 24.2. The van der Waals surface area contributed by atoms with Crippen LogP contribution < -0.4 is 0 Å². The Labute approximate surface area is 294 Å². The fourth-order valence-electron chi connectivity index (χ4n) is 4.53. The maximum atomic E-state index is 12.1. The van der Waals surface area contributed by atoms with Crippen molar-refractivity contribution in [3.05, 3.63) is 97.2 Å². The number of unbranched alkanes of at least 4 members (excludes halogenated alkanes) is 8. The number of carbonyl (C=O) groups is 2. The van der Waals surface area contributed by atoms with E-state index in [9.17, 15) is 14.7 Å². The van der Waals surface area contributed by atoms with Crippen LogP contribution in [0.2, 0.25) is 0 Å². The van der Waals surface area contributed by atoms with E-state index in [-0.39, 0.29) is 31.6 Å². The van der Waals surface area contributed by atoms with Gasteiger partial charge in [0.15, 0.2) is 6.10 Å². The van der Waals surface area contributed by atoms with Crippen LogP contribution in [0.3, 0.4) is 0 Å². The second-order valence-corrected chi connectivity index (χ2v) is 11.9. The quantitative estimate of drug-likeness (QED) is 0.0440. The first-order chi connectivity index (χ1) is 23.6. The minimum Gasteiger partial charge on any atom is -0.462 e. The molecular formula is C43H68O5. The molecule has 270 valence electrons. The molecule has 0 aromatic heterocycles. The minimum atomic E-state index is -0.816. The highest BCUT2D eigenvalue weighted by Gasteiger charge is 2.15. The molecule has 1 N–H and O–H groups in total. The molecule has 0 aliphatic rings. The SMILES string of the molecule is CCC=CCC=CCC=CCC=CCCCCCCC(=O)OC[C@H](CO)OC(=O)CCCC=CCC=CCC=CCC=CCCCCC. The van der Waals surface area contributed by atoms with E-state index in [1.807, 2.05) is 0 Å². The number of esters is 2. The Morgan fingerprint density at radius 1 is 0.500 bits per heavy atom. The Kier molecular flexibility index (Phi) is 35.7. The Balaban J connectivity index is 3.76. The second kappa shape index (κ2) is 38.3. The van der Waals surface area contributed by atoms with Gasteiger partial charge in [0.2, 0.25) is 0 Å². The van der Waals surface area contributed by atoms with Gasteiger partial charge in [-0.15, -0.1) is 0 Å². The molecule has 0 amide bonds. The van der Waals surface area contributed by atoms with E-state index < -0.39 is 6.10 Å². The smallest absolute Gasteiger partial charge is 0.306 e. The van der Waals surface area contributed by atoms with Crippen LogP contribution in [0.15, 0.2) is 97.2 Å². The molecule has 0 aliphatic carbocycles. The lowest BCUT2D eigenvalue weighted by Gasteiger charge is -2.15. The minimum absolute atomic E-state index is 0.107. The van der Waals surface area contributed by atoms with Crippen molar-refractivity contribution in [3.63, 3.8) is 0 Å². The molecule has 0 heterocycles. The Hall–Kier alpha value is -3.18. The highest BCUT2D eigenvalue weighted by atomic mass is 16.6. The van der Waals surface area contributed by atoms with Crippen LogP contribution in [0.5, 0.6) is 0 Å². The molecule has 0 rings (SSSR count). The van der Waals surface area contributed by atoms with Crippen molar-refractivity contribution in [1.29, 1.82) is 0 Å². The van der Waals surface area contributed by atoms with Crippen LogP contribution in [0, 0.1) is 0 Å². The lowest BCUT2D eigenvalue weighted by atomic mass is 10.1. The number of hydrogen-bond donors (Lipinski definition) is 1. The number of hydrogen-bond acceptors (Lipinski definition) is 5. The van der Waals surface area contributed by atoms with E-state index in [0.29, 0.717) is 12.8 Å². The number of carbonyl (C=O) groups excluding carboxylic acids is 2. The van der Waals surface area contributed by atoms with Gasteiger partial charge in [-0.25, -0.2) is 0 Å². The maximum Gasteiger partial charge on any atom is 0.306 e. The van der Waals surface area contributed by atoms with Gasteiger partial charge in [-0.3, -0.25) is 9.59 Å². The molecule has 0 bridgehead atoms. The van der Waals surface area contributed by atoms with E-state index in [4.69, 9.17) is 9.47 Å². The van der Waals surface area contributed by atoms with Gasteiger partial charge in [0.1, 0.15) is 6.61 Å². The van der Waals surface area contributed by atoms with Crippen LogP contribution in [-0.4, -0.2) is 36.4 Å². The van der Waals surface area contributed by atoms with E-state index in [1.54, 1.807) is 0 Å². The average molecular weight is 665 g/mol. The van der Waals surface area contributed by atoms with Crippen molar-refractivity contribution < 1.29 is 24.2 Å². The number of aliphatic hydroxyl groups is 1. The normalized spacial score (nSPS) is 13.3. The monoisotopic (exact) mass is 665 g/mol. The second-order valence-electron chi connectivity index (χ2n) is 11.9. The van der Waals surface area contributed by atoms with E-state index in [1.165, 1.54) is 25.7 Å². The van der Waals surface area contributed by atoms with E-state index in [0.717, 1.165) is 83.5 Å². The van der Waals surface area contributed by atoms with Crippen molar-refractivity contribution in [2.45, 2.75) is 148 Å². The van der Waals surface area contributed by atoms with Crippen molar-refractivity contribution in [1.82, 2.24) is 0 Å². The average Bonchev–Trinajstić information content (AvgIpc) is 3.09. The molecule has 5 heteroatoms. The van der Waals surface area contributed by atoms with Gasteiger partial charge < -0.3 is 14.6 Å². The fourth-order valence-corrected chi connectivity index (χ4v) is 4.53. The highest BCUT2D eigenvalue weighted by Crippen LogP contribution is 2.09. The third-order valence-electron chi connectivity index (χ3n) is 7.36. The van der Waals surface area contributed by atoms with Crippen molar-refractivity contribution in [3.8, 4) is 0 Å². The predicted molar refractivity (Wildman–Crippen MR) is 205 cm³/mol. The number of aliphatic hydroxyl groups excluding tert-OH is 1. The molecule has 0 fully saturated rings. The van der Waals surface area contributed by atoms with Crippen molar-refractivity contribution in [2.24, 2.45) is 0 Å². The summed E-state index contributed by atoms with van der Waals surface area (Å²) in [5.74, 6) is -0.696. The third-order valence-corrected chi connectivity index (χ3v) is 7.36. The molecule has 0 saturated carbocycles. The Morgan fingerprint density at radius 2 is 0.917 bits per heavy atom. The lowest BCUT2D eigenvalue weighted by Crippen LogP contribution is -2.28. The van der Waals surface area contributed by atoms with Crippen LogP contribution in [0.4, 0.5) is 0 Å². The summed E-state index contributed by atoms with van der Waals surface area (Å²) in [7, 11) is 0. The molecule has 0 aromatic carbocycles. The van der Waals surface area contributed by atoms with E-state index in [2.05, 4.69) is 111 Å². The molecule has 0 aliphatic heterocycles. The molecule has 48 heavy (non-hydrogen) atoms. The van der Waals surface area contributed by atoms with Gasteiger partial charge in [0.05, 0.1) is 6.61 Å². The number of rotatable bonds is 32. The van der Waals surface area contributed by atoms with Crippen LogP contribution in [0.1, 0.15) is 142 Å². The van der Waals surface area contributed by atoms with Crippen molar-refractivity contribution >= 4 is 11.9 Å². The Bertz CT molecular complexity index is 979. The van der Waals surface area contributed by atoms with Gasteiger partial charge in [-0.05, 0) is 89.9 Å². The fraction of sp³-hybridized carbons (Fsp3) is 0.581. The summed E-state index contributed by atoms with van der Waals surface area (Å²) in [5, 5.41) is 9.53. The maximum absolute atomic E-state index is 12.1. The zero-order valence-electron chi connectivity index (χ0n) is 30.5. The molecule has 1 atom stereocenters. The van der Waals surface area contributed by atoms with E-state index >= 15 is 0 Å². The highest BCUT2D eigenvalue weighted by molar-refractivity contribution is 5.70. The molecule has 0 unspecified atom stereocenters. The standard InChI is InChI=1S/C43H68O5/c1-3-5-7-9-11-13-15-17-19-21-23-25-27-29-31-33-35-37-42(45)47-40-41(39-44)48-43(46)38-36-34-32-30-28-26-24-22-20-18-16-14-12-10-8-6-4-2/h5,7,11-14,17-20,23-26,30,32,41,44H,3-4,6,8-10,15-16,21-22,27-29,31,33-40H2,1-2H3/t41-/m0/s1. The van der Waals surface area contributed by atoms with Crippen LogP contribution in [0.25, 0.3) is 0 Å². The largest absolute Gasteiger partial charge is 0.462 e. The zero-order chi connectivity index (χ0) is 35.0. The molecular weight excluding hydrogens is 596 g/mol. The van der Waals surface area contributed by atoms with Gasteiger partial charge in [-0.2, -0.15) is 0 Å². The van der Waals surface area contributed by atoms with Crippen LogP contribution >= 0.6 is 0 Å². The van der Waals surface area contributed by atoms with Gasteiger partial charge in [0.25, 0.3) is 0 Å². The first kappa shape index (κ1) is 44.8. The molecule has 5 nitrogen and oxygen atoms in total. The van der Waals surface area contributed by atoms with Gasteiger partial charge in [-0.1, -0.05) is 137 Å². The van der Waals surface area contributed by atoms with Crippen molar-refractivity contribution in [2.75, 3.05) is 13.2 Å². The lowest BCUT2D eigenvalue weighted by molar-refractivity contribution is -0.161. The summed E-state index contributed by atoms with van der Waals surface area (Å²) in [6, 6.07) is 0. The summed E-state index contributed by atoms with van der Waals surface area (Å²) in [5.41, 5.74) is 0. The molecule has 0 saturated heterocycles. The summed E-state index contributed by atoms with van der Waals surface area (Å²) in [6.07, 6.45) is 53.2.